The maximum Gasteiger partial charge on any atom is 0.255 e. The molecule has 1 aliphatic rings. The molecule has 0 radical (unpaired) electrons. The van der Waals surface area contributed by atoms with E-state index in [2.05, 4.69) is 23.5 Å². The normalized spacial score (nSPS) is 20.8. The first kappa shape index (κ1) is 18.1. The van der Waals surface area contributed by atoms with Gasteiger partial charge in [-0.3, -0.25) is 4.79 Å². The van der Waals surface area contributed by atoms with E-state index in [4.69, 9.17) is 0 Å². The lowest BCUT2D eigenvalue weighted by Crippen LogP contribution is -2.58. The highest BCUT2D eigenvalue weighted by atomic mass is 32.1. The third-order valence-electron chi connectivity index (χ3n) is 4.74. The summed E-state index contributed by atoms with van der Waals surface area (Å²) >= 11 is 1.68. The van der Waals surface area contributed by atoms with E-state index in [9.17, 15) is 9.90 Å². The molecule has 1 aliphatic heterocycles. The molecule has 0 spiro atoms. The van der Waals surface area contributed by atoms with E-state index in [1.165, 1.54) is 10.4 Å². The van der Waals surface area contributed by atoms with Crippen LogP contribution in [0.3, 0.4) is 0 Å². The number of amides is 1. The van der Waals surface area contributed by atoms with Crippen molar-refractivity contribution in [3.63, 3.8) is 0 Å². The van der Waals surface area contributed by atoms with E-state index in [0.29, 0.717) is 26.1 Å². The first-order valence-electron chi connectivity index (χ1n) is 8.96. The zero-order valence-electron chi connectivity index (χ0n) is 14.5. The number of piperidine rings is 1. The van der Waals surface area contributed by atoms with Gasteiger partial charge in [0.05, 0.1) is 0 Å². The van der Waals surface area contributed by atoms with Gasteiger partial charge in [-0.15, -0.1) is 11.3 Å². The number of rotatable bonds is 8. The maximum atomic E-state index is 12.7. The highest BCUT2D eigenvalue weighted by Crippen LogP contribution is 2.23. The summed E-state index contributed by atoms with van der Waals surface area (Å²) in [6.07, 6.45) is 3.28. The molecule has 2 heterocycles. The van der Waals surface area contributed by atoms with Gasteiger partial charge >= 0.3 is 0 Å². The van der Waals surface area contributed by atoms with Gasteiger partial charge in [-0.2, -0.15) is 0 Å². The molecule has 0 bridgehead atoms. The largest absolute Gasteiger partial charge is 0.379 e. The monoisotopic (exact) mass is 358 g/mol. The van der Waals surface area contributed by atoms with E-state index in [0.717, 1.165) is 25.8 Å². The third kappa shape index (κ3) is 4.91. The SMILES string of the molecule is O=C1N(CCCc2ccccc2)CCC[C@]1(O)CNCc1cccs1. The lowest BCUT2D eigenvalue weighted by atomic mass is 9.91. The predicted octanol–water partition coefficient (Wildman–Crippen LogP) is 2.82. The topological polar surface area (TPSA) is 52.6 Å². The van der Waals surface area contributed by atoms with Crippen LogP contribution in [0, 0.1) is 0 Å². The Morgan fingerprint density at radius 1 is 1.20 bits per heavy atom. The molecule has 1 aromatic carbocycles. The highest BCUT2D eigenvalue weighted by Gasteiger charge is 2.41. The van der Waals surface area contributed by atoms with Gasteiger partial charge in [-0.25, -0.2) is 0 Å². The lowest BCUT2D eigenvalue weighted by Gasteiger charge is -2.38. The molecule has 1 amide bonds. The summed E-state index contributed by atoms with van der Waals surface area (Å²) in [6, 6.07) is 14.4. The fraction of sp³-hybridized carbons (Fsp3) is 0.450. The van der Waals surface area contributed by atoms with Crippen LogP contribution in [0.4, 0.5) is 0 Å². The van der Waals surface area contributed by atoms with Crippen LogP contribution in [-0.4, -0.2) is 41.1 Å². The molecule has 134 valence electrons. The van der Waals surface area contributed by atoms with E-state index in [-0.39, 0.29) is 5.91 Å². The second-order valence-electron chi connectivity index (χ2n) is 6.70. The van der Waals surface area contributed by atoms with Crippen LogP contribution in [0.1, 0.15) is 29.7 Å². The molecule has 1 fully saturated rings. The van der Waals surface area contributed by atoms with Crippen LogP contribution in [0.5, 0.6) is 0 Å². The average molecular weight is 359 g/mol. The number of nitrogens with zero attached hydrogens (tertiary/aromatic N) is 1. The van der Waals surface area contributed by atoms with Crippen LogP contribution < -0.4 is 5.32 Å². The number of hydrogen-bond acceptors (Lipinski definition) is 4. The molecule has 1 atom stereocenters. The van der Waals surface area contributed by atoms with Crippen LogP contribution in [0.15, 0.2) is 47.8 Å². The Morgan fingerprint density at radius 3 is 2.80 bits per heavy atom. The van der Waals surface area contributed by atoms with Gasteiger partial charge in [0.1, 0.15) is 0 Å². The minimum Gasteiger partial charge on any atom is -0.379 e. The van der Waals surface area contributed by atoms with E-state index in [1.807, 2.05) is 34.5 Å². The Kier molecular flexibility index (Phi) is 6.24. The zero-order valence-corrected chi connectivity index (χ0v) is 15.3. The van der Waals surface area contributed by atoms with Crippen molar-refractivity contribution in [2.24, 2.45) is 0 Å². The van der Waals surface area contributed by atoms with E-state index in [1.54, 1.807) is 11.3 Å². The smallest absolute Gasteiger partial charge is 0.255 e. The van der Waals surface area contributed by atoms with Gasteiger partial charge in [0.2, 0.25) is 0 Å². The summed E-state index contributed by atoms with van der Waals surface area (Å²) in [5.74, 6) is -0.120. The molecule has 1 aromatic heterocycles. The third-order valence-corrected chi connectivity index (χ3v) is 5.61. The number of aliphatic hydroxyl groups is 1. The molecule has 1 saturated heterocycles. The van der Waals surface area contributed by atoms with E-state index >= 15 is 0 Å². The van der Waals surface area contributed by atoms with Crippen LogP contribution in [0.25, 0.3) is 0 Å². The Morgan fingerprint density at radius 2 is 2.04 bits per heavy atom. The van der Waals surface area contributed by atoms with Crippen molar-refractivity contribution in [3.05, 3.63) is 58.3 Å². The van der Waals surface area contributed by atoms with Crippen molar-refractivity contribution in [3.8, 4) is 0 Å². The summed E-state index contributed by atoms with van der Waals surface area (Å²) in [6.45, 7) is 2.47. The van der Waals surface area contributed by atoms with Crippen molar-refractivity contribution in [1.29, 1.82) is 0 Å². The minimum absolute atomic E-state index is 0.120. The Hall–Kier alpha value is -1.69. The van der Waals surface area contributed by atoms with Crippen LogP contribution >= 0.6 is 11.3 Å². The lowest BCUT2D eigenvalue weighted by molar-refractivity contribution is -0.156. The molecule has 3 rings (SSSR count). The number of carbonyl (C=O) groups excluding carboxylic acids is 1. The second-order valence-corrected chi connectivity index (χ2v) is 7.73. The van der Waals surface area contributed by atoms with E-state index < -0.39 is 5.60 Å². The van der Waals surface area contributed by atoms with Crippen LogP contribution in [0.2, 0.25) is 0 Å². The van der Waals surface area contributed by atoms with Crippen molar-refractivity contribution < 1.29 is 9.90 Å². The first-order valence-corrected chi connectivity index (χ1v) is 9.84. The minimum atomic E-state index is -1.26. The molecule has 0 aliphatic carbocycles. The van der Waals surface area contributed by atoms with Crippen molar-refractivity contribution >= 4 is 17.2 Å². The Labute approximate surface area is 153 Å². The summed E-state index contributed by atoms with van der Waals surface area (Å²) in [7, 11) is 0. The molecule has 5 heteroatoms. The number of carbonyl (C=O) groups is 1. The molecular weight excluding hydrogens is 332 g/mol. The zero-order chi connectivity index (χ0) is 17.5. The maximum absolute atomic E-state index is 12.7. The summed E-state index contributed by atoms with van der Waals surface area (Å²) < 4.78 is 0. The summed E-state index contributed by atoms with van der Waals surface area (Å²) in [4.78, 5) is 15.8. The molecular formula is C20H26N2O2S. The molecule has 25 heavy (non-hydrogen) atoms. The second kappa shape index (κ2) is 8.61. The number of nitrogens with one attached hydrogen (secondary N) is 1. The highest BCUT2D eigenvalue weighted by molar-refractivity contribution is 7.09. The van der Waals surface area contributed by atoms with Gasteiger partial charge in [-0.1, -0.05) is 36.4 Å². The fourth-order valence-electron chi connectivity index (χ4n) is 3.37. The Balaban J connectivity index is 1.47. The molecule has 2 N–H and O–H groups in total. The van der Waals surface area contributed by atoms with Gasteiger partial charge in [0.25, 0.3) is 5.91 Å². The van der Waals surface area contributed by atoms with Crippen molar-refractivity contribution in [2.75, 3.05) is 19.6 Å². The molecule has 0 unspecified atom stereocenters. The standard InChI is InChI=1S/C20H26N2O2S/c23-19-20(24,16-21-15-18-10-5-14-25-18)11-6-13-22(19)12-4-9-17-7-2-1-3-8-17/h1-3,5,7-8,10,14,21,24H,4,6,9,11-13,15-16H2/t20-/m0/s1. The van der Waals surface area contributed by atoms with Gasteiger partial charge in [0.15, 0.2) is 5.60 Å². The Bertz CT molecular complexity index is 660. The van der Waals surface area contributed by atoms with Gasteiger partial charge in [-0.05, 0) is 42.7 Å². The van der Waals surface area contributed by atoms with Gasteiger partial charge in [0, 0.05) is 31.1 Å². The number of hydrogen-bond donors (Lipinski definition) is 2. The molecule has 0 saturated carbocycles. The summed E-state index contributed by atoms with van der Waals surface area (Å²) in [5.41, 5.74) is 0.0299. The van der Waals surface area contributed by atoms with Gasteiger partial charge < -0.3 is 15.3 Å². The summed E-state index contributed by atoms with van der Waals surface area (Å²) in [5, 5.41) is 16.1. The average Bonchev–Trinajstić information content (AvgIpc) is 3.13. The van der Waals surface area contributed by atoms with Crippen LogP contribution in [-0.2, 0) is 17.8 Å². The number of benzene rings is 1. The number of aryl methyl sites for hydroxylation is 1. The fourth-order valence-corrected chi connectivity index (χ4v) is 4.04. The quantitative estimate of drug-likeness (QED) is 0.763. The number of thiophene rings is 1. The number of likely N-dealkylation sites (tertiary alicyclic amines) is 1. The first-order chi connectivity index (χ1) is 12.2. The van der Waals surface area contributed by atoms with Crippen molar-refractivity contribution in [1.82, 2.24) is 10.2 Å². The van der Waals surface area contributed by atoms with Crippen molar-refractivity contribution in [2.45, 2.75) is 37.8 Å². The predicted molar refractivity (Wildman–Crippen MR) is 102 cm³/mol. The molecule has 4 nitrogen and oxygen atoms in total. The molecule has 2 aromatic rings.